The van der Waals surface area contributed by atoms with Gasteiger partial charge in [0, 0.05) is 19.2 Å². The minimum atomic E-state index is -0.983. The Morgan fingerprint density at radius 3 is 2.48 bits per heavy atom. The number of fused-ring (bicyclic) bond motifs is 1. The van der Waals surface area contributed by atoms with Crippen LogP contribution in [0.5, 0.6) is 0 Å². The highest BCUT2D eigenvalue weighted by atomic mass is 16.2. The number of nitrogens with one attached hydrogen (secondary N) is 2. The lowest BCUT2D eigenvalue weighted by Gasteiger charge is -2.28. The maximum Gasteiger partial charge on any atom is 0.264 e. The molecule has 10 heteroatoms. The van der Waals surface area contributed by atoms with Crippen LogP contribution in [0.25, 0.3) is 0 Å². The van der Waals surface area contributed by atoms with Crippen LogP contribution in [0, 0.1) is 0 Å². The normalized spacial score (nSPS) is 21.3. The highest BCUT2D eigenvalue weighted by Crippen LogP contribution is 2.48. The van der Waals surface area contributed by atoms with E-state index in [-0.39, 0.29) is 24.0 Å². The zero-order valence-corrected chi connectivity index (χ0v) is 17.6. The lowest BCUT2D eigenvalue weighted by Crippen LogP contribution is -2.54. The van der Waals surface area contributed by atoms with Crippen LogP contribution >= 0.6 is 0 Å². The van der Waals surface area contributed by atoms with Crippen molar-refractivity contribution in [3.05, 3.63) is 41.2 Å². The summed E-state index contributed by atoms with van der Waals surface area (Å²) in [5.41, 5.74) is 1.38. The van der Waals surface area contributed by atoms with Gasteiger partial charge in [0.15, 0.2) is 0 Å². The Bertz CT molecular complexity index is 1090. The minimum Gasteiger partial charge on any atom is -0.373 e. The lowest BCUT2D eigenvalue weighted by molar-refractivity contribution is -0.136. The van der Waals surface area contributed by atoms with Gasteiger partial charge < -0.3 is 5.32 Å². The van der Waals surface area contributed by atoms with Crippen LogP contribution in [0.3, 0.4) is 0 Å². The highest BCUT2D eigenvalue weighted by Gasteiger charge is 2.50. The van der Waals surface area contributed by atoms with Crippen LogP contribution in [-0.2, 0) is 22.2 Å². The van der Waals surface area contributed by atoms with Gasteiger partial charge in [0.25, 0.3) is 11.8 Å². The van der Waals surface area contributed by atoms with E-state index in [1.54, 1.807) is 29.9 Å². The molecule has 2 aromatic rings. The van der Waals surface area contributed by atoms with Gasteiger partial charge in [-0.15, -0.1) is 5.10 Å². The zero-order chi connectivity index (χ0) is 22.3. The number of amides is 4. The first-order valence-corrected chi connectivity index (χ1v) is 10.4. The third-order valence-corrected chi connectivity index (χ3v) is 5.69. The summed E-state index contributed by atoms with van der Waals surface area (Å²) in [6.07, 6.45) is 3.70. The monoisotopic (exact) mass is 424 g/mol. The molecule has 0 radical (unpaired) electrons. The molecule has 4 amide bonds. The Morgan fingerprint density at radius 1 is 1.13 bits per heavy atom. The van der Waals surface area contributed by atoms with Gasteiger partial charge in [-0.2, -0.15) is 0 Å². The van der Waals surface area contributed by atoms with Gasteiger partial charge in [0.05, 0.1) is 22.9 Å². The molecular formula is C21H24N6O4. The summed E-state index contributed by atoms with van der Waals surface area (Å²) in [5.74, 6) is -2.07. The quantitative estimate of drug-likeness (QED) is 0.709. The molecule has 0 spiro atoms. The summed E-state index contributed by atoms with van der Waals surface area (Å²) in [6, 6.07) is 4.04. The molecule has 0 bridgehead atoms. The third-order valence-electron chi connectivity index (χ3n) is 5.69. The largest absolute Gasteiger partial charge is 0.373 e. The number of hydrogen-bond acceptors (Lipinski definition) is 7. The van der Waals surface area contributed by atoms with Gasteiger partial charge in [0.2, 0.25) is 11.8 Å². The van der Waals surface area contributed by atoms with Gasteiger partial charge >= 0.3 is 0 Å². The first-order chi connectivity index (χ1) is 14.9. The number of nitrogens with zero attached hydrogens (tertiary/aromatic N) is 4. The number of benzene rings is 1. The van der Waals surface area contributed by atoms with Crippen LogP contribution in [-0.4, -0.2) is 49.6 Å². The van der Waals surface area contributed by atoms with Gasteiger partial charge in [-0.1, -0.05) is 25.1 Å². The maximum atomic E-state index is 13.2. The van der Waals surface area contributed by atoms with E-state index in [1.807, 2.05) is 20.0 Å². The molecule has 10 nitrogen and oxygen atoms in total. The van der Waals surface area contributed by atoms with Crippen LogP contribution < -0.4 is 10.6 Å². The predicted molar refractivity (Wildman–Crippen MR) is 110 cm³/mol. The van der Waals surface area contributed by atoms with E-state index in [2.05, 4.69) is 20.9 Å². The molecule has 2 N–H and O–H groups in total. The summed E-state index contributed by atoms with van der Waals surface area (Å²) >= 11 is 0. The lowest BCUT2D eigenvalue weighted by atomic mass is 10.0. The second kappa shape index (κ2) is 7.60. The molecule has 1 aliphatic carbocycles. The van der Waals surface area contributed by atoms with E-state index in [0.717, 1.165) is 23.4 Å². The number of aryl methyl sites for hydroxylation is 1. The van der Waals surface area contributed by atoms with Crippen LogP contribution in [0.2, 0.25) is 0 Å². The van der Waals surface area contributed by atoms with E-state index < -0.39 is 35.2 Å². The molecule has 1 aromatic carbocycles. The third kappa shape index (κ3) is 3.37. The molecule has 1 atom stereocenters. The fourth-order valence-electron chi connectivity index (χ4n) is 4.01. The second-order valence-electron chi connectivity index (χ2n) is 7.66. The molecule has 2 fully saturated rings. The van der Waals surface area contributed by atoms with E-state index in [1.165, 1.54) is 0 Å². The van der Waals surface area contributed by atoms with Crippen molar-refractivity contribution in [2.45, 2.75) is 51.1 Å². The Hall–Kier alpha value is -3.56. The molecule has 3 heterocycles. The number of anilines is 1. The number of carbonyl (C=O) groups excluding carboxylic acids is 4. The van der Waals surface area contributed by atoms with E-state index in [9.17, 15) is 19.2 Å². The number of piperidine rings is 1. The number of aromatic nitrogens is 3. The summed E-state index contributed by atoms with van der Waals surface area (Å²) in [5, 5.41) is 13.7. The topological polar surface area (TPSA) is 126 Å². The molecule has 1 saturated heterocycles. The molecule has 1 saturated carbocycles. The average Bonchev–Trinajstić information content (AvgIpc) is 3.32. The number of rotatable bonds is 4. The molecule has 31 heavy (non-hydrogen) atoms. The van der Waals surface area contributed by atoms with Crippen molar-refractivity contribution in [1.29, 1.82) is 0 Å². The molecule has 1 aromatic heterocycles. The molecular weight excluding hydrogens is 400 g/mol. The van der Waals surface area contributed by atoms with Crippen molar-refractivity contribution in [2.24, 2.45) is 7.05 Å². The van der Waals surface area contributed by atoms with E-state index in [4.69, 9.17) is 0 Å². The summed E-state index contributed by atoms with van der Waals surface area (Å²) in [7, 11) is 1.78. The van der Waals surface area contributed by atoms with Crippen molar-refractivity contribution in [3.8, 4) is 0 Å². The fraction of sp³-hybridized carbons (Fsp3) is 0.429. The standard InChI is InChI=1S/C19H18N6O4.C2H6/c1-24-9-13(22-23-24)19(7-8-19)21-11-4-2-3-10-15(11)18(29)25(17(10)28)12-5-6-14(26)20-16(12)27;1-2/h2-4,9,12,21H,5-8H2,1H3,(H,20,26,27);1-2H3. The van der Waals surface area contributed by atoms with Gasteiger partial charge in [0.1, 0.15) is 11.7 Å². The van der Waals surface area contributed by atoms with Crippen molar-refractivity contribution >= 4 is 29.3 Å². The van der Waals surface area contributed by atoms with Crippen LogP contribution in [0.1, 0.15) is 65.9 Å². The summed E-state index contributed by atoms with van der Waals surface area (Å²) < 4.78 is 1.62. The summed E-state index contributed by atoms with van der Waals surface area (Å²) in [6.45, 7) is 4.00. The van der Waals surface area contributed by atoms with Crippen molar-refractivity contribution in [1.82, 2.24) is 25.2 Å². The van der Waals surface area contributed by atoms with Gasteiger partial charge in [-0.3, -0.25) is 34.1 Å². The van der Waals surface area contributed by atoms with Crippen LogP contribution in [0.15, 0.2) is 24.4 Å². The number of carbonyl (C=O) groups is 4. The number of hydrogen-bond donors (Lipinski definition) is 2. The predicted octanol–water partition coefficient (Wildman–Crippen LogP) is 1.34. The Labute approximate surface area is 179 Å². The summed E-state index contributed by atoms with van der Waals surface area (Å²) in [4.78, 5) is 50.7. The Balaban J connectivity index is 0.00000112. The first kappa shape index (κ1) is 20.7. The molecule has 162 valence electrons. The molecule has 2 aliphatic heterocycles. The van der Waals surface area contributed by atoms with Crippen molar-refractivity contribution in [3.63, 3.8) is 0 Å². The van der Waals surface area contributed by atoms with Gasteiger partial charge in [-0.05, 0) is 31.4 Å². The SMILES string of the molecule is CC.Cn1cc(C2(Nc3cccc4c3C(=O)N(C3CCC(=O)NC3=O)C4=O)CC2)nn1. The Kier molecular flexibility index (Phi) is 5.08. The van der Waals surface area contributed by atoms with Crippen molar-refractivity contribution < 1.29 is 19.2 Å². The van der Waals surface area contributed by atoms with Crippen molar-refractivity contribution in [2.75, 3.05) is 5.32 Å². The maximum absolute atomic E-state index is 13.2. The smallest absolute Gasteiger partial charge is 0.264 e. The van der Waals surface area contributed by atoms with E-state index >= 15 is 0 Å². The molecule has 3 aliphatic rings. The van der Waals surface area contributed by atoms with Gasteiger partial charge in [-0.25, -0.2) is 0 Å². The van der Waals surface area contributed by atoms with E-state index in [0.29, 0.717) is 5.69 Å². The highest BCUT2D eigenvalue weighted by molar-refractivity contribution is 6.25. The second-order valence-corrected chi connectivity index (χ2v) is 7.66. The first-order valence-electron chi connectivity index (χ1n) is 10.4. The molecule has 5 rings (SSSR count). The fourth-order valence-corrected chi connectivity index (χ4v) is 4.01. The van der Waals surface area contributed by atoms with Crippen LogP contribution in [0.4, 0.5) is 5.69 Å². The number of imide groups is 2. The minimum absolute atomic E-state index is 0.0880. The zero-order valence-electron chi connectivity index (χ0n) is 17.6. The average molecular weight is 424 g/mol. The Morgan fingerprint density at radius 2 is 1.87 bits per heavy atom. The molecule has 1 unspecified atom stereocenters.